The van der Waals surface area contributed by atoms with Crippen LogP contribution in [0.5, 0.6) is 11.5 Å². The van der Waals surface area contributed by atoms with Crippen LogP contribution in [0.2, 0.25) is 0 Å². The Balaban J connectivity index is 1.79. The van der Waals surface area contributed by atoms with Gasteiger partial charge in [0.1, 0.15) is 23.4 Å². The standard InChI is InChI=1S/C17H18N2O4/c1-10-6-11-7-14(22-2)12(8-15(11)23-10)9-18-16-5-3-4-13(19-16)17(20)21/h3-5,7-8,10H,6,9H2,1-2H3,(H,18,19)(H,20,21). The van der Waals surface area contributed by atoms with Gasteiger partial charge in [-0.1, -0.05) is 6.07 Å². The first-order chi connectivity index (χ1) is 11.1. The molecule has 120 valence electrons. The molecule has 1 unspecified atom stereocenters. The van der Waals surface area contributed by atoms with Gasteiger partial charge in [0.2, 0.25) is 0 Å². The highest BCUT2D eigenvalue weighted by Gasteiger charge is 2.21. The van der Waals surface area contributed by atoms with Gasteiger partial charge in [0, 0.05) is 24.1 Å². The summed E-state index contributed by atoms with van der Waals surface area (Å²) < 4.78 is 11.2. The molecular weight excluding hydrogens is 296 g/mol. The third kappa shape index (κ3) is 3.21. The fourth-order valence-corrected chi connectivity index (χ4v) is 2.65. The Morgan fingerprint density at radius 3 is 3.04 bits per heavy atom. The van der Waals surface area contributed by atoms with Crippen LogP contribution in [0.4, 0.5) is 5.82 Å². The zero-order valence-electron chi connectivity index (χ0n) is 13.0. The normalized spacial score (nSPS) is 15.7. The highest BCUT2D eigenvalue weighted by Crippen LogP contribution is 2.35. The monoisotopic (exact) mass is 314 g/mol. The van der Waals surface area contributed by atoms with E-state index in [9.17, 15) is 4.79 Å². The lowest BCUT2D eigenvalue weighted by atomic mass is 10.1. The number of fused-ring (bicyclic) bond motifs is 1. The zero-order valence-corrected chi connectivity index (χ0v) is 13.0. The number of carboxylic acid groups (broad SMARTS) is 1. The number of nitrogens with one attached hydrogen (secondary N) is 1. The molecule has 0 bridgehead atoms. The average molecular weight is 314 g/mol. The number of benzene rings is 1. The molecule has 6 heteroatoms. The van der Waals surface area contributed by atoms with Gasteiger partial charge in [-0.3, -0.25) is 0 Å². The first-order valence-electron chi connectivity index (χ1n) is 7.37. The summed E-state index contributed by atoms with van der Waals surface area (Å²) >= 11 is 0. The first-order valence-corrected chi connectivity index (χ1v) is 7.37. The van der Waals surface area contributed by atoms with E-state index >= 15 is 0 Å². The van der Waals surface area contributed by atoms with Gasteiger partial charge < -0.3 is 19.9 Å². The molecule has 2 N–H and O–H groups in total. The van der Waals surface area contributed by atoms with E-state index in [1.165, 1.54) is 6.07 Å². The lowest BCUT2D eigenvalue weighted by molar-refractivity contribution is 0.0690. The molecular formula is C17H18N2O4. The molecule has 0 radical (unpaired) electrons. The highest BCUT2D eigenvalue weighted by atomic mass is 16.5. The summed E-state index contributed by atoms with van der Waals surface area (Å²) in [6.45, 7) is 2.50. The van der Waals surface area contributed by atoms with E-state index in [4.69, 9.17) is 14.6 Å². The van der Waals surface area contributed by atoms with Crippen molar-refractivity contribution < 1.29 is 19.4 Å². The Bertz CT molecular complexity index is 745. The largest absolute Gasteiger partial charge is 0.496 e. The molecule has 0 saturated heterocycles. The van der Waals surface area contributed by atoms with Crippen molar-refractivity contribution in [2.75, 3.05) is 12.4 Å². The number of methoxy groups -OCH3 is 1. The van der Waals surface area contributed by atoms with E-state index in [0.717, 1.165) is 29.0 Å². The van der Waals surface area contributed by atoms with Crippen LogP contribution in [-0.2, 0) is 13.0 Å². The molecule has 6 nitrogen and oxygen atoms in total. The van der Waals surface area contributed by atoms with Crippen molar-refractivity contribution in [2.45, 2.75) is 26.0 Å². The number of carbonyl (C=O) groups is 1. The average Bonchev–Trinajstić information content (AvgIpc) is 2.91. The molecule has 0 aliphatic carbocycles. The molecule has 0 spiro atoms. The molecule has 0 saturated carbocycles. The summed E-state index contributed by atoms with van der Waals surface area (Å²) in [6.07, 6.45) is 1.05. The molecule has 1 aromatic carbocycles. The maximum Gasteiger partial charge on any atom is 0.354 e. The predicted octanol–water partition coefficient (Wildman–Crippen LogP) is 2.72. The minimum absolute atomic E-state index is 0.00748. The van der Waals surface area contributed by atoms with Crippen molar-refractivity contribution >= 4 is 11.8 Å². The Kier molecular flexibility index (Phi) is 4.06. The minimum Gasteiger partial charge on any atom is -0.496 e. The van der Waals surface area contributed by atoms with E-state index in [1.807, 2.05) is 19.1 Å². The van der Waals surface area contributed by atoms with E-state index in [0.29, 0.717) is 12.4 Å². The second kappa shape index (κ2) is 6.16. The van der Waals surface area contributed by atoms with Gasteiger partial charge in [-0.15, -0.1) is 0 Å². The van der Waals surface area contributed by atoms with Crippen LogP contribution in [-0.4, -0.2) is 29.3 Å². The molecule has 1 aliphatic rings. The van der Waals surface area contributed by atoms with Gasteiger partial charge in [-0.2, -0.15) is 0 Å². The number of aromatic carboxylic acids is 1. The van der Waals surface area contributed by atoms with Gasteiger partial charge in [-0.05, 0) is 31.2 Å². The fourth-order valence-electron chi connectivity index (χ4n) is 2.65. The van der Waals surface area contributed by atoms with Crippen molar-refractivity contribution in [3.05, 3.63) is 47.2 Å². The molecule has 0 amide bonds. The van der Waals surface area contributed by atoms with Crippen LogP contribution in [0.3, 0.4) is 0 Å². The number of aromatic nitrogens is 1. The molecule has 3 rings (SSSR count). The van der Waals surface area contributed by atoms with Crippen LogP contribution in [0.25, 0.3) is 0 Å². The summed E-state index contributed by atoms with van der Waals surface area (Å²) in [5.41, 5.74) is 2.08. The van der Waals surface area contributed by atoms with Gasteiger partial charge in [-0.25, -0.2) is 9.78 Å². The zero-order chi connectivity index (χ0) is 16.4. The molecule has 1 aromatic heterocycles. The predicted molar refractivity (Wildman–Crippen MR) is 85.3 cm³/mol. The van der Waals surface area contributed by atoms with Crippen LogP contribution < -0.4 is 14.8 Å². The smallest absolute Gasteiger partial charge is 0.354 e. The number of ether oxygens (including phenoxy) is 2. The van der Waals surface area contributed by atoms with E-state index < -0.39 is 5.97 Å². The molecule has 23 heavy (non-hydrogen) atoms. The SMILES string of the molecule is COc1cc2c(cc1CNc1cccc(C(=O)O)n1)OC(C)C2. The molecule has 1 atom stereocenters. The van der Waals surface area contributed by atoms with Gasteiger partial charge in [0.05, 0.1) is 7.11 Å². The van der Waals surface area contributed by atoms with Gasteiger partial charge >= 0.3 is 5.97 Å². The Hall–Kier alpha value is -2.76. The number of pyridine rings is 1. The maximum absolute atomic E-state index is 11.0. The Morgan fingerprint density at radius 1 is 1.48 bits per heavy atom. The molecule has 2 aromatic rings. The minimum atomic E-state index is -1.05. The summed E-state index contributed by atoms with van der Waals surface area (Å²) in [7, 11) is 1.63. The van der Waals surface area contributed by atoms with E-state index in [1.54, 1.807) is 19.2 Å². The van der Waals surface area contributed by atoms with Crippen molar-refractivity contribution in [1.29, 1.82) is 0 Å². The number of nitrogens with zero attached hydrogens (tertiary/aromatic N) is 1. The number of anilines is 1. The summed E-state index contributed by atoms with van der Waals surface area (Å²) in [5.74, 6) is 1.11. The molecule has 0 fully saturated rings. The van der Waals surface area contributed by atoms with Crippen LogP contribution in [0.1, 0.15) is 28.5 Å². The van der Waals surface area contributed by atoms with Crippen LogP contribution >= 0.6 is 0 Å². The van der Waals surface area contributed by atoms with Crippen LogP contribution in [0, 0.1) is 0 Å². The lowest BCUT2D eigenvalue weighted by Crippen LogP contribution is -2.07. The lowest BCUT2D eigenvalue weighted by Gasteiger charge is -2.12. The Labute approximate surface area is 134 Å². The Morgan fingerprint density at radius 2 is 2.30 bits per heavy atom. The molecule has 1 aliphatic heterocycles. The van der Waals surface area contributed by atoms with Crippen molar-refractivity contribution in [3.8, 4) is 11.5 Å². The van der Waals surface area contributed by atoms with Gasteiger partial charge in [0.25, 0.3) is 0 Å². The summed E-state index contributed by atoms with van der Waals surface area (Å²) in [6, 6.07) is 8.80. The topological polar surface area (TPSA) is 80.7 Å². The summed E-state index contributed by atoms with van der Waals surface area (Å²) in [5, 5.41) is 12.1. The number of hydrogen-bond acceptors (Lipinski definition) is 5. The highest BCUT2D eigenvalue weighted by molar-refractivity contribution is 5.85. The number of hydrogen-bond donors (Lipinski definition) is 2. The number of rotatable bonds is 5. The summed E-state index contributed by atoms with van der Waals surface area (Å²) in [4.78, 5) is 15.0. The quantitative estimate of drug-likeness (QED) is 0.883. The second-order valence-electron chi connectivity index (χ2n) is 5.47. The van der Waals surface area contributed by atoms with Crippen molar-refractivity contribution in [3.63, 3.8) is 0 Å². The molecule has 2 heterocycles. The fraction of sp³-hybridized carbons (Fsp3) is 0.294. The third-order valence-electron chi connectivity index (χ3n) is 3.73. The third-order valence-corrected chi connectivity index (χ3v) is 3.73. The van der Waals surface area contributed by atoms with Crippen LogP contribution in [0.15, 0.2) is 30.3 Å². The van der Waals surface area contributed by atoms with E-state index in [2.05, 4.69) is 10.3 Å². The first kappa shape index (κ1) is 15.1. The van der Waals surface area contributed by atoms with Crippen molar-refractivity contribution in [1.82, 2.24) is 4.98 Å². The van der Waals surface area contributed by atoms with Gasteiger partial charge in [0.15, 0.2) is 5.69 Å². The number of carboxylic acids is 1. The maximum atomic E-state index is 11.0. The van der Waals surface area contributed by atoms with E-state index in [-0.39, 0.29) is 11.8 Å². The second-order valence-corrected chi connectivity index (χ2v) is 5.47. The van der Waals surface area contributed by atoms with Crippen molar-refractivity contribution in [2.24, 2.45) is 0 Å².